The van der Waals surface area contributed by atoms with E-state index >= 15 is 0 Å². The number of ether oxygens (including phenoxy) is 1. The smallest absolute Gasteiger partial charge is 0.146 e. The minimum absolute atomic E-state index is 0.545. The molecule has 2 aromatic carbocycles. The monoisotopic (exact) mass is 324 g/mol. The Labute approximate surface area is 135 Å². The summed E-state index contributed by atoms with van der Waals surface area (Å²) in [5.41, 5.74) is -0.0308. The average molecular weight is 325 g/mol. The second-order valence-corrected chi connectivity index (χ2v) is 5.91. The van der Waals surface area contributed by atoms with Gasteiger partial charge in [0, 0.05) is 5.88 Å². The Morgan fingerprint density at radius 2 is 1.76 bits per heavy atom. The van der Waals surface area contributed by atoms with E-state index in [0.717, 1.165) is 12.0 Å². The summed E-state index contributed by atoms with van der Waals surface area (Å²) in [6.45, 7) is 1.80. The van der Waals surface area contributed by atoms with Crippen molar-refractivity contribution in [3.63, 3.8) is 0 Å². The molecule has 0 radical (unpaired) electrons. The molecule has 0 bridgehead atoms. The zero-order valence-electron chi connectivity index (χ0n) is 11.9. The molecule has 2 rings (SSSR count). The lowest BCUT2D eigenvalue weighted by molar-refractivity contribution is 0.0471. The molecule has 0 amide bonds. The normalized spacial score (nSPS) is 13.7. The summed E-state index contributed by atoms with van der Waals surface area (Å²) in [6.07, 6.45) is 1.40. The summed E-state index contributed by atoms with van der Waals surface area (Å²) < 4.78 is 5.72. The quantitative estimate of drug-likeness (QED) is 0.725. The van der Waals surface area contributed by atoms with Crippen molar-refractivity contribution in [2.24, 2.45) is 0 Å². The van der Waals surface area contributed by atoms with Gasteiger partial charge in [-0.1, -0.05) is 35.9 Å². The van der Waals surface area contributed by atoms with Crippen LogP contribution in [0.25, 0.3) is 0 Å². The first-order valence-electron chi connectivity index (χ1n) is 6.84. The van der Waals surface area contributed by atoms with Crippen LogP contribution >= 0.6 is 23.2 Å². The van der Waals surface area contributed by atoms with E-state index in [1.807, 2.05) is 42.5 Å². The van der Waals surface area contributed by atoms with Crippen LogP contribution in [0.2, 0.25) is 5.02 Å². The standard InChI is InChI=1S/C17H18Cl2O2/c1-17(20,11-4-12-18)13-7-9-14(10-8-13)21-16-6-3-2-5-15(16)19/h2-3,5-10,20H,4,11-12H2,1H3. The minimum atomic E-state index is -0.877. The zero-order valence-corrected chi connectivity index (χ0v) is 13.4. The molecule has 1 unspecified atom stereocenters. The molecule has 0 aromatic heterocycles. The maximum atomic E-state index is 10.4. The van der Waals surface area contributed by atoms with Crippen molar-refractivity contribution in [2.75, 3.05) is 5.88 Å². The van der Waals surface area contributed by atoms with Crippen LogP contribution in [0, 0.1) is 0 Å². The fraction of sp³-hybridized carbons (Fsp3) is 0.294. The van der Waals surface area contributed by atoms with Gasteiger partial charge in [-0.15, -0.1) is 11.6 Å². The summed E-state index contributed by atoms with van der Waals surface area (Å²) in [5.74, 6) is 1.84. The summed E-state index contributed by atoms with van der Waals surface area (Å²) in [5, 5.41) is 11.0. The van der Waals surface area contributed by atoms with Gasteiger partial charge in [-0.25, -0.2) is 0 Å². The van der Waals surface area contributed by atoms with Gasteiger partial charge < -0.3 is 9.84 Å². The fourth-order valence-electron chi connectivity index (χ4n) is 2.09. The molecule has 0 saturated heterocycles. The molecule has 4 heteroatoms. The van der Waals surface area contributed by atoms with E-state index in [1.54, 1.807) is 13.0 Å². The summed E-state index contributed by atoms with van der Waals surface area (Å²) in [6, 6.07) is 14.7. The van der Waals surface area contributed by atoms with E-state index in [9.17, 15) is 5.11 Å². The number of hydrogen-bond acceptors (Lipinski definition) is 2. The second kappa shape index (κ2) is 7.17. The number of aliphatic hydroxyl groups is 1. The third-order valence-corrected chi connectivity index (χ3v) is 3.92. The highest BCUT2D eigenvalue weighted by Crippen LogP contribution is 2.31. The largest absolute Gasteiger partial charge is 0.456 e. The van der Waals surface area contributed by atoms with E-state index in [4.69, 9.17) is 27.9 Å². The van der Waals surface area contributed by atoms with Crippen LogP contribution in [0.3, 0.4) is 0 Å². The van der Waals surface area contributed by atoms with Gasteiger partial charge in [-0.2, -0.15) is 0 Å². The van der Waals surface area contributed by atoms with Gasteiger partial charge in [-0.05, 0) is 49.6 Å². The molecule has 112 valence electrons. The van der Waals surface area contributed by atoms with Crippen molar-refractivity contribution in [3.05, 3.63) is 59.1 Å². The topological polar surface area (TPSA) is 29.5 Å². The summed E-state index contributed by atoms with van der Waals surface area (Å²) in [7, 11) is 0. The number of rotatable bonds is 6. The third-order valence-electron chi connectivity index (χ3n) is 3.34. The van der Waals surface area contributed by atoms with Gasteiger partial charge in [0.25, 0.3) is 0 Å². The van der Waals surface area contributed by atoms with Gasteiger partial charge in [0.2, 0.25) is 0 Å². The molecule has 0 saturated carbocycles. The van der Waals surface area contributed by atoms with Crippen molar-refractivity contribution in [2.45, 2.75) is 25.4 Å². The predicted octanol–water partition coefficient (Wildman–Crippen LogP) is 5.36. The van der Waals surface area contributed by atoms with E-state index < -0.39 is 5.60 Å². The maximum absolute atomic E-state index is 10.4. The Kier molecular flexibility index (Phi) is 5.51. The van der Waals surface area contributed by atoms with Crippen LogP contribution in [0.15, 0.2) is 48.5 Å². The van der Waals surface area contributed by atoms with Crippen molar-refractivity contribution in [1.82, 2.24) is 0 Å². The lowest BCUT2D eigenvalue weighted by atomic mass is 9.91. The SMILES string of the molecule is CC(O)(CCCCl)c1ccc(Oc2ccccc2Cl)cc1. The molecule has 0 aliphatic carbocycles. The summed E-state index contributed by atoms with van der Waals surface area (Å²) >= 11 is 11.7. The number of benzene rings is 2. The highest BCUT2D eigenvalue weighted by molar-refractivity contribution is 6.32. The van der Waals surface area contributed by atoms with Crippen LogP contribution in [-0.2, 0) is 5.60 Å². The lowest BCUT2D eigenvalue weighted by Crippen LogP contribution is -2.21. The molecular weight excluding hydrogens is 307 g/mol. The van der Waals surface area contributed by atoms with Crippen LogP contribution in [0.4, 0.5) is 0 Å². The second-order valence-electron chi connectivity index (χ2n) is 5.12. The molecule has 2 nitrogen and oxygen atoms in total. The molecule has 1 atom stereocenters. The number of para-hydroxylation sites is 1. The van der Waals surface area contributed by atoms with Gasteiger partial charge >= 0.3 is 0 Å². The number of hydrogen-bond donors (Lipinski definition) is 1. The Balaban J connectivity index is 2.10. The molecule has 1 N–H and O–H groups in total. The molecule has 0 aliphatic heterocycles. The van der Waals surface area contributed by atoms with E-state index in [0.29, 0.717) is 28.8 Å². The Morgan fingerprint density at radius 1 is 1.10 bits per heavy atom. The van der Waals surface area contributed by atoms with E-state index in [2.05, 4.69) is 0 Å². The molecular formula is C17H18Cl2O2. The van der Waals surface area contributed by atoms with Crippen LogP contribution in [0.5, 0.6) is 11.5 Å². The summed E-state index contributed by atoms with van der Waals surface area (Å²) in [4.78, 5) is 0. The molecule has 2 aromatic rings. The highest BCUT2D eigenvalue weighted by Gasteiger charge is 2.22. The van der Waals surface area contributed by atoms with Crippen molar-refractivity contribution < 1.29 is 9.84 Å². The fourth-order valence-corrected chi connectivity index (χ4v) is 2.40. The van der Waals surface area contributed by atoms with E-state index in [-0.39, 0.29) is 0 Å². The molecule has 0 spiro atoms. The van der Waals surface area contributed by atoms with Gasteiger partial charge in [0.05, 0.1) is 10.6 Å². The van der Waals surface area contributed by atoms with Crippen molar-refractivity contribution in [1.29, 1.82) is 0 Å². The Hall–Kier alpha value is -1.22. The van der Waals surface area contributed by atoms with Gasteiger partial charge in [0.15, 0.2) is 0 Å². The maximum Gasteiger partial charge on any atom is 0.146 e. The lowest BCUT2D eigenvalue weighted by Gasteiger charge is -2.23. The van der Waals surface area contributed by atoms with Crippen LogP contribution in [-0.4, -0.2) is 11.0 Å². The molecule has 0 fully saturated rings. The first-order valence-corrected chi connectivity index (χ1v) is 7.75. The van der Waals surface area contributed by atoms with Crippen LogP contribution < -0.4 is 4.74 Å². The number of alkyl halides is 1. The van der Waals surface area contributed by atoms with Crippen molar-refractivity contribution in [3.8, 4) is 11.5 Å². The highest BCUT2D eigenvalue weighted by atomic mass is 35.5. The molecule has 0 heterocycles. The average Bonchev–Trinajstić information content (AvgIpc) is 2.48. The minimum Gasteiger partial charge on any atom is -0.456 e. The van der Waals surface area contributed by atoms with Crippen LogP contribution in [0.1, 0.15) is 25.3 Å². The van der Waals surface area contributed by atoms with E-state index in [1.165, 1.54) is 0 Å². The zero-order chi connectivity index (χ0) is 15.3. The van der Waals surface area contributed by atoms with Gasteiger partial charge in [-0.3, -0.25) is 0 Å². The molecule has 21 heavy (non-hydrogen) atoms. The number of halogens is 2. The Morgan fingerprint density at radius 3 is 2.38 bits per heavy atom. The predicted molar refractivity (Wildman–Crippen MR) is 87.5 cm³/mol. The third kappa shape index (κ3) is 4.37. The Bertz CT molecular complexity index is 580. The first kappa shape index (κ1) is 16.2. The van der Waals surface area contributed by atoms with Crippen molar-refractivity contribution >= 4 is 23.2 Å². The molecule has 0 aliphatic rings. The van der Waals surface area contributed by atoms with Gasteiger partial charge in [0.1, 0.15) is 11.5 Å². The first-order chi connectivity index (χ1) is 10.0.